The smallest absolute Gasteiger partial charge is 0.387 e. The maximum Gasteiger partial charge on any atom is 0.481 e. The summed E-state index contributed by atoms with van der Waals surface area (Å²) >= 11 is 0. The maximum absolute atomic E-state index is 13.6. The molecule has 2 aliphatic rings. The SMILES string of the molecule is Nc1nc(F)nc2c1ncn2[C@@H]1O[C@H](COP(=O)(O)OP(=O)(O)OC[C@H]2OC(O)[C@H](O)[C@@H]2O)[C@@H](O)[C@H]1O. The number of nitrogens with zero attached hydrogens (tertiary/aromatic N) is 4. The molecule has 0 spiro atoms. The minimum atomic E-state index is -5.36. The van der Waals surface area contributed by atoms with Gasteiger partial charge in [-0.25, -0.2) is 14.1 Å². The molecule has 0 saturated carbocycles. The van der Waals surface area contributed by atoms with Crippen LogP contribution in [0, 0.1) is 6.08 Å². The van der Waals surface area contributed by atoms with Gasteiger partial charge < -0.3 is 50.5 Å². The number of phosphoric ester groups is 2. The summed E-state index contributed by atoms with van der Waals surface area (Å²) in [5.74, 6) is -0.301. The van der Waals surface area contributed by atoms with E-state index in [9.17, 15) is 48.8 Å². The molecule has 2 aromatic rings. The normalized spacial score (nSPS) is 35.6. The third-order valence-electron chi connectivity index (χ3n) is 5.38. The van der Waals surface area contributed by atoms with Gasteiger partial charge in [0.2, 0.25) is 0 Å². The number of hydrogen-bond donors (Lipinski definition) is 8. The number of nitrogens with two attached hydrogens (primary N) is 1. The summed E-state index contributed by atoms with van der Waals surface area (Å²) in [6, 6.07) is 0. The van der Waals surface area contributed by atoms with Crippen LogP contribution in [0.3, 0.4) is 0 Å². The number of ether oxygens (including phenoxy) is 2. The fraction of sp³-hybridized carbons (Fsp3) is 0.667. The number of anilines is 1. The van der Waals surface area contributed by atoms with Gasteiger partial charge in [0.15, 0.2) is 29.5 Å². The molecule has 0 bridgehead atoms. The van der Waals surface area contributed by atoms with Crippen LogP contribution in [-0.2, 0) is 32.0 Å². The second-order valence-electron chi connectivity index (χ2n) is 7.90. The predicted octanol–water partition coefficient (Wildman–Crippen LogP) is -3.14. The number of aliphatic hydroxyl groups is 5. The van der Waals surface area contributed by atoms with Crippen molar-refractivity contribution in [1.29, 1.82) is 0 Å². The number of halogens is 1. The molecule has 2 aromatic heterocycles. The topological polar surface area (TPSA) is 292 Å². The van der Waals surface area contributed by atoms with Crippen molar-refractivity contribution in [2.24, 2.45) is 0 Å². The van der Waals surface area contributed by atoms with Gasteiger partial charge in [0.1, 0.15) is 36.6 Å². The average molecular weight is 577 g/mol. The fourth-order valence-electron chi connectivity index (χ4n) is 3.57. The van der Waals surface area contributed by atoms with Gasteiger partial charge in [0, 0.05) is 0 Å². The molecule has 0 radical (unpaired) electrons. The van der Waals surface area contributed by atoms with Gasteiger partial charge in [-0.15, -0.1) is 0 Å². The molecule has 4 heterocycles. The number of aromatic nitrogens is 4. The number of hydrogen-bond acceptors (Lipinski definition) is 16. The summed E-state index contributed by atoms with van der Waals surface area (Å²) in [5, 5.41) is 48.9. The van der Waals surface area contributed by atoms with E-state index in [4.69, 9.17) is 15.2 Å². The van der Waals surface area contributed by atoms with E-state index in [0.29, 0.717) is 0 Å². The maximum atomic E-state index is 13.6. The van der Waals surface area contributed by atoms with Crippen molar-refractivity contribution in [2.45, 2.75) is 49.1 Å². The van der Waals surface area contributed by atoms with Gasteiger partial charge in [-0.3, -0.25) is 13.6 Å². The van der Waals surface area contributed by atoms with E-state index in [1.165, 1.54) is 0 Å². The van der Waals surface area contributed by atoms with Crippen LogP contribution in [0.15, 0.2) is 6.33 Å². The monoisotopic (exact) mass is 577 g/mol. The van der Waals surface area contributed by atoms with Crippen molar-refractivity contribution in [2.75, 3.05) is 18.9 Å². The van der Waals surface area contributed by atoms with Crippen molar-refractivity contribution in [3.8, 4) is 0 Å². The number of imidazole rings is 1. The Labute approximate surface area is 205 Å². The highest BCUT2D eigenvalue weighted by atomic mass is 31.3. The summed E-state index contributed by atoms with van der Waals surface area (Å²) in [5.41, 5.74) is 5.36. The van der Waals surface area contributed by atoms with E-state index in [1.54, 1.807) is 0 Å². The first-order valence-corrected chi connectivity index (χ1v) is 13.2. The summed E-state index contributed by atoms with van der Waals surface area (Å²) < 4.78 is 62.0. The van der Waals surface area contributed by atoms with Gasteiger partial charge in [-0.05, 0) is 0 Å². The third-order valence-corrected chi connectivity index (χ3v) is 7.98. The molecule has 0 aliphatic carbocycles. The van der Waals surface area contributed by atoms with Crippen LogP contribution in [0.2, 0.25) is 0 Å². The molecule has 19 nitrogen and oxygen atoms in total. The Hall–Kier alpha value is -1.74. The van der Waals surface area contributed by atoms with E-state index >= 15 is 0 Å². The van der Waals surface area contributed by atoms with Crippen molar-refractivity contribution in [3.63, 3.8) is 0 Å². The standard InChI is InChI=1S/C15H22FN5O14P2/c16-15-19-11(17)6-12(20-15)21(3-18-6)13-9(24)7(22)4(33-13)1-31-36(27,28)35-37(29,30)32-2-5-8(23)10(25)14(26)34-5/h3-5,7-10,13-14,22-26H,1-2H2,(H,27,28)(H,29,30)(H2,17,19,20)/t4-,5-,7-,8-,9-,10-,13-,14?/m1/s1. The highest BCUT2D eigenvalue weighted by Crippen LogP contribution is 2.60. The molecule has 2 fully saturated rings. The van der Waals surface area contributed by atoms with Crippen molar-refractivity contribution in [3.05, 3.63) is 12.4 Å². The lowest BCUT2D eigenvalue weighted by Crippen LogP contribution is -2.34. The molecule has 10 atom stereocenters. The van der Waals surface area contributed by atoms with Gasteiger partial charge >= 0.3 is 21.7 Å². The molecule has 3 unspecified atom stereocenters. The van der Waals surface area contributed by atoms with Crippen LogP contribution in [-0.4, -0.2) is 111 Å². The number of nitrogen functional groups attached to an aromatic ring is 1. The van der Waals surface area contributed by atoms with Crippen LogP contribution < -0.4 is 5.73 Å². The molecule has 0 aromatic carbocycles. The molecule has 9 N–H and O–H groups in total. The number of aliphatic hydroxyl groups excluding tert-OH is 5. The Balaban J connectivity index is 1.35. The van der Waals surface area contributed by atoms with Crippen LogP contribution >= 0.6 is 15.6 Å². The second-order valence-corrected chi connectivity index (χ2v) is 10.9. The van der Waals surface area contributed by atoms with Crippen LogP contribution in [0.5, 0.6) is 0 Å². The fourth-order valence-corrected chi connectivity index (χ4v) is 5.66. The van der Waals surface area contributed by atoms with Crippen molar-refractivity contribution in [1.82, 2.24) is 19.5 Å². The predicted molar refractivity (Wildman–Crippen MR) is 111 cm³/mol. The van der Waals surface area contributed by atoms with Crippen molar-refractivity contribution >= 4 is 32.6 Å². The lowest BCUT2D eigenvalue weighted by atomic mass is 10.1. The number of rotatable bonds is 9. The first-order chi connectivity index (χ1) is 17.2. The Kier molecular flexibility index (Phi) is 7.98. The van der Waals surface area contributed by atoms with E-state index in [2.05, 4.69) is 28.3 Å². The molecular weight excluding hydrogens is 555 g/mol. The largest absolute Gasteiger partial charge is 0.481 e. The minimum absolute atomic E-state index is 0.0297. The average Bonchev–Trinajstić information content (AvgIpc) is 3.41. The molecule has 0 amide bonds. The summed E-state index contributed by atoms with van der Waals surface area (Å²) in [4.78, 5) is 30.2. The zero-order valence-corrected chi connectivity index (χ0v) is 20.0. The molecular formula is C15H22FN5O14P2. The number of fused-ring (bicyclic) bond motifs is 1. The van der Waals surface area contributed by atoms with E-state index in [0.717, 1.165) is 10.9 Å². The van der Waals surface area contributed by atoms with Crippen LogP contribution in [0.4, 0.5) is 10.2 Å². The molecule has 22 heteroatoms. The molecule has 2 aliphatic heterocycles. The van der Waals surface area contributed by atoms with Crippen LogP contribution in [0.1, 0.15) is 6.23 Å². The van der Waals surface area contributed by atoms with E-state index < -0.39 is 84.1 Å². The molecule has 4 rings (SSSR count). The zero-order valence-electron chi connectivity index (χ0n) is 18.2. The molecule has 37 heavy (non-hydrogen) atoms. The van der Waals surface area contributed by atoms with Crippen LogP contribution in [0.25, 0.3) is 11.2 Å². The third kappa shape index (κ3) is 5.97. The lowest BCUT2D eigenvalue weighted by molar-refractivity contribution is -0.132. The Morgan fingerprint density at radius 1 is 0.946 bits per heavy atom. The lowest BCUT2D eigenvalue weighted by Gasteiger charge is -2.20. The first-order valence-electron chi connectivity index (χ1n) is 10.2. The quantitative estimate of drug-likeness (QED) is 0.108. The second kappa shape index (κ2) is 10.4. The number of phosphoric acid groups is 2. The van der Waals surface area contributed by atoms with Crippen molar-refractivity contribution < 1.29 is 71.7 Å². The van der Waals surface area contributed by atoms with Gasteiger partial charge in [-0.1, -0.05) is 0 Å². The Bertz CT molecular complexity index is 1240. The zero-order chi connectivity index (χ0) is 27.3. The highest BCUT2D eigenvalue weighted by Gasteiger charge is 2.47. The molecule has 208 valence electrons. The van der Waals surface area contributed by atoms with Gasteiger partial charge in [-0.2, -0.15) is 18.7 Å². The summed E-state index contributed by atoms with van der Waals surface area (Å²) in [6.45, 7) is -1.89. The van der Waals surface area contributed by atoms with E-state index in [-0.39, 0.29) is 17.0 Å². The van der Waals surface area contributed by atoms with Gasteiger partial charge in [0.05, 0.1) is 19.5 Å². The first kappa shape index (κ1) is 28.3. The summed E-state index contributed by atoms with van der Waals surface area (Å²) in [6.07, 6.45) is -13.2. The Morgan fingerprint density at radius 3 is 2.08 bits per heavy atom. The molecule has 2 saturated heterocycles. The van der Waals surface area contributed by atoms with Gasteiger partial charge in [0.25, 0.3) is 0 Å². The Morgan fingerprint density at radius 2 is 1.51 bits per heavy atom. The summed E-state index contributed by atoms with van der Waals surface area (Å²) in [7, 11) is -10.7. The van der Waals surface area contributed by atoms with E-state index in [1.807, 2.05) is 0 Å². The minimum Gasteiger partial charge on any atom is -0.387 e. The highest BCUT2D eigenvalue weighted by molar-refractivity contribution is 7.61.